The first-order valence-corrected chi connectivity index (χ1v) is 11.7. The molecule has 0 spiro atoms. The van der Waals surface area contributed by atoms with E-state index in [2.05, 4.69) is 29.9 Å². The van der Waals surface area contributed by atoms with Gasteiger partial charge in [0, 0.05) is 32.9 Å². The Morgan fingerprint density at radius 3 is 2.00 bits per heavy atom. The van der Waals surface area contributed by atoms with E-state index in [-0.39, 0.29) is 21.5 Å². The number of aromatic hydroxyl groups is 1. The molecule has 14 heteroatoms. The standard InChI is InChI=1S/C14H13ClN4O2.C8H8Cl2N4O/c1-21-6-5-19-8-16-12-11(17-14(15)18-13(12)19)9-3-2-4-10(20)7-9;1-15-3-2-14-4-11-5-6(9)12-8(10)13-7(5)14/h2-4,7-8,20H,5-6H2,1H3;4H,2-3H2,1H3. The zero-order valence-electron chi connectivity index (χ0n) is 19.3. The van der Waals surface area contributed by atoms with Crippen LogP contribution in [0.1, 0.15) is 0 Å². The summed E-state index contributed by atoms with van der Waals surface area (Å²) in [6.07, 6.45) is 3.32. The van der Waals surface area contributed by atoms with Crippen molar-refractivity contribution in [1.82, 2.24) is 39.0 Å². The van der Waals surface area contributed by atoms with Gasteiger partial charge < -0.3 is 23.7 Å². The minimum Gasteiger partial charge on any atom is -0.508 e. The predicted molar refractivity (Wildman–Crippen MR) is 137 cm³/mol. The Hall–Kier alpha value is -3.09. The summed E-state index contributed by atoms with van der Waals surface area (Å²) in [7, 11) is 3.27. The summed E-state index contributed by atoms with van der Waals surface area (Å²) < 4.78 is 13.7. The van der Waals surface area contributed by atoms with Gasteiger partial charge in [0.15, 0.2) is 16.4 Å². The highest BCUT2D eigenvalue weighted by atomic mass is 35.5. The molecule has 11 nitrogen and oxygen atoms in total. The lowest BCUT2D eigenvalue weighted by Gasteiger charge is -2.05. The second kappa shape index (κ2) is 11.8. The largest absolute Gasteiger partial charge is 0.508 e. The third kappa shape index (κ3) is 5.82. The van der Waals surface area contributed by atoms with E-state index in [1.54, 1.807) is 45.1 Å². The van der Waals surface area contributed by atoms with Gasteiger partial charge in [-0.15, -0.1) is 0 Å². The summed E-state index contributed by atoms with van der Waals surface area (Å²) in [4.78, 5) is 24.8. The second-order valence-electron chi connectivity index (χ2n) is 7.38. The third-order valence-corrected chi connectivity index (χ3v) is 5.62. The third-order valence-electron chi connectivity index (χ3n) is 5.02. The number of phenolic OH excluding ortho intramolecular Hbond substituents is 1. The molecule has 0 radical (unpaired) electrons. The lowest BCUT2D eigenvalue weighted by Crippen LogP contribution is -2.04. The average molecular weight is 552 g/mol. The van der Waals surface area contributed by atoms with Crippen LogP contribution in [0.2, 0.25) is 15.7 Å². The first kappa shape index (κ1) is 26.0. The van der Waals surface area contributed by atoms with Gasteiger partial charge in [0.25, 0.3) is 0 Å². The zero-order valence-corrected chi connectivity index (χ0v) is 21.5. The molecule has 0 amide bonds. The molecule has 4 aromatic heterocycles. The molecule has 0 bridgehead atoms. The van der Waals surface area contributed by atoms with E-state index in [4.69, 9.17) is 44.3 Å². The number of hydrogen-bond donors (Lipinski definition) is 1. The molecule has 1 N–H and O–H groups in total. The Morgan fingerprint density at radius 1 is 0.806 bits per heavy atom. The van der Waals surface area contributed by atoms with Crippen molar-refractivity contribution in [3.63, 3.8) is 0 Å². The van der Waals surface area contributed by atoms with Crippen molar-refractivity contribution in [2.75, 3.05) is 27.4 Å². The van der Waals surface area contributed by atoms with Crippen LogP contribution in [0.25, 0.3) is 33.6 Å². The first-order valence-electron chi connectivity index (χ1n) is 10.6. The maximum absolute atomic E-state index is 9.62. The molecule has 0 fully saturated rings. The summed E-state index contributed by atoms with van der Waals surface area (Å²) in [6, 6.07) is 6.80. The predicted octanol–water partition coefficient (Wildman–Crippen LogP) is 4.28. The van der Waals surface area contributed by atoms with Crippen LogP contribution in [-0.2, 0) is 22.6 Å². The number of nitrogens with zero attached hydrogens (tertiary/aromatic N) is 8. The van der Waals surface area contributed by atoms with Crippen LogP contribution >= 0.6 is 34.8 Å². The van der Waals surface area contributed by atoms with Crippen LogP contribution in [0.15, 0.2) is 36.9 Å². The maximum atomic E-state index is 9.62. The van der Waals surface area contributed by atoms with Gasteiger partial charge in [-0.05, 0) is 35.3 Å². The van der Waals surface area contributed by atoms with Gasteiger partial charge >= 0.3 is 0 Å². The van der Waals surface area contributed by atoms with Crippen LogP contribution < -0.4 is 0 Å². The van der Waals surface area contributed by atoms with Gasteiger partial charge in [-0.1, -0.05) is 23.7 Å². The summed E-state index contributed by atoms with van der Waals surface area (Å²) in [6.45, 7) is 2.40. The van der Waals surface area contributed by atoms with E-state index >= 15 is 0 Å². The number of halogens is 3. The van der Waals surface area contributed by atoms with Gasteiger partial charge in [0.1, 0.15) is 22.5 Å². The van der Waals surface area contributed by atoms with Crippen LogP contribution in [0.4, 0.5) is 0 Å². The number of ether oxygens (including phenoxy) is 2. The van der Waals surface area contributed by atoms with Crippen LogP contribution in [0, 0.1) is 0 Å². The van der Waals surface area contributed by atoms with Gasteiger partial charge in [0.05, 0.1) is 25.9 Å². The highest BCUT2D eigenvalue weighted by molar-refractivity contribution is 6.35. The first-order chi connectivity index (χ1) is 17.4. The van der Waals surface area contributed by atoms with E-state index in [0.717, 1.165) is 5.56 Å². The highest BCUT2D eigenvalue weighted by Gasteiger charge is 2.14. The molecule has 188 valence electrons. The Kier molecular flexibility index (Phi) is 8.49. The molecule has 5 aromatic rings. The van der Waals surface area contributed by atoms with Crippen molar-refractivity contribution in [2.45, 2.75) is 13.1 Å². The maximum Gasteiger partial charge on any atom is 0.225 e. The number of aromatic nitrogens is 8. The van der Waals surface area contributed by atoms with E-state index in [9.17, 15) is 5.11 Å². The molecule has 4 heterocycles. The van der Waals surface area contributed by atoms with Gasteiger partial charge in [0.2, 0.25) is 10.6 Å². The number of rotatable bonds is 7. The molecular weight excluding hydrogens is 531 g/mol. The molecule has 0 aliphatic carbocycles. The van der Waals surface area contributed by atoms with Crippen molar-refractivity contribution in [3.8, 4) is 17.0 Å². The van der Waals surface area contributed by atoms with Crippen molar-refractivity contribution in [2.24, 2.45) is 0 Å². The van der Waals surface area contributed by atoms with Crippen LogP contribution in [0.5, 0.6) is 5.75 Å². The smallest absolute Gasteiger partial charge is 0.225 e. The quantitative estimate of drug-likeness (QED) is 0.233. The molecule has 0 saturated carbocycles. The Morgan fingerprint density at radius 2 is 1.39 bits per heavy atom. The lowest BCUT2D eigenvalue weighted by molar-refractivity contribution is 0.188. The number of methoxy groups -OCH3 is 2. The number of phenols is 1. The topological polar surface area (TPSA) is 126 Å². The van der Waals surface area contributed by atoms with Gasteiger partial charge in [-0.2, -0.15) is 9.97 Å². The fourth-order valence-electron chi connectivity index (χ4n) is 3.36. The molecule has 0 atom stereocenters. The SMILES string of the molecule is COCCn1cnc2c(-c3cccc(O)c3)nc(Cl)nc21.COCCn1cnc2c(Cl)nc(Cl)nc21. The second-order valence-corrected chi connectivity index (χ2v) is 8.42. The van der Waals surface area contributed by atoms with Crippen molar-refractivity contribution in [3.05, 3.63) is 52.6 Å². The summed E-state index contributed by atoms with van der Waals surface area (Å²) in [5, 5.41) is 10.1. The fraction of sp³-hybridized carbons (Fsp3) is 0.273. The van der Waals surface area contributed by atoms with E-state index in [1.807, 2.05) is 15.2 Å². The Labute approximate surface area is 220 Å². The molecule has 0 aliphatic heterocycles. The molecule has 0 unspecified atom stereocenters. The number of benzene rings is 1. The molecule has 36 heavy (non-hydrogen) atoms. The fourth-order valence-corrected chi connectivity index (χ4v) is 3.95. The number of fused-ring (bicyclic) bond motifs is 2. The van der Waals surface area contributed by atoms with Gasteiger partial charge in [-0.25, -0.2) is 19.9 Å². The minimum absolute atomic E-state index is 0.117. The summed E-state index contributed by atoms with van der Waals surface area (Å²) >= 11 is 17.6. The molecule has 0 aliphatic rings. The molecule has 5 rings (SSSR count). The lowest BCUT2D eigenvalue weighted by atomic mass is 10.1. The van der Waals surface area contributed by atoms with E-state index < -0.39 is 0 Å². The van der Waals surface area contributed by atoms with Crippen LogP contribution in [-0.4, -0.2) is 71.6 Å². The van der Waals surface area contributed by atoms with Gasteiger partial charge in [-0.3, -0.25) is 0 Å². The number of imidazole rings is 2. The zero-order chi connectivity index (χ0) is 25.7. The highest BCUT2D eigenvalue weighted by Crippen LogP contribution is 2.28. The summed E-state index contributed by atoms with van der Waals surface area (Å²) in [5.74, 6) is 0.161. The molecule has 1 aromatic carbocycles. The van der Waals surface area contributed by atoms with Crippen molar-refractivity contribution < 1.29 is 14.6 Å². The van der Waals surface area contributed by atoms with Crippen molar-refractivity contribution in [1.29, 1.82) is 0 Å². The normalized spacial score (nSPS) is 11.1. The average Bonchev–Trinajstić information content (AvgIpc) is 3.45. The Balaban J connectivity index is 0.000000179. The van der Waals surface area contributed by atoms with Crippen molar-refractivity contribution >= 4 is 57.1 Å². The monoisotopic (exact) mass is 550 g/mol. The Bertz CT molecular complexity index is 1490. The van der Waals surface area contributed by atoms with E-state index in [0.29, 0.717) is 54.3 Å². The summed E-state index contributed by atoms with van der Waals surface area (Å²) in [5.41, 5.74) is 3.79. The minimum atomic E-state index is 0.117. The molecule has 0 saturated heterocycles. The van der Waals surface area contributed by atoms with Crippen LogP contribution in [0.3, 0.4) is 0 Å². The molecular formula is C22H21Cl3N8O3. The number of hydrogen-bond acceptors (Lipinski definition) is 9. The van der Waals surface area contributed by atoms with E-state index in [1.165, 1.54) is 0 Å².